The minimum atomic E-state index is -2.50. The fourth-order valence-corrected chi connectivity index (χ4v) is 2.65. The van der Waals surface area contributed by atoms with Gasteiger partial charge in [-0.15, -0.1) is 0 Å². The maximum absolute atomic E-state index is 12.3. The summed E-state index contributed by atoms with van der Waals surface area (Å²) in [4.78, 5) is 12.6. The Morgan fingerprint density at radius 1 is 1.15 bits per heavy atom. The third-order valence-electron chi connectivity index (χ3n) is 3.27. The summed E-state index contributed by atoms with van der Waals surface area (Å²) in [5.41, 5.74) is 2.11. The number of nitriles is 1. The minimum Gasteiger partial charge on any atom is -0.321 e. The van der Waals surface area contributed by atoms with Crippen LogP contribution in [0, 0.1) is 11.3 Å². The van der Waals surface area contributed by atoms with Gasteiger partial charge in [0.25, 0.3) is 11.7 Å². The molecule has 0 unspecified atom stereocenters. The Balaban J connectivity index is 2.08. The van der Waals surface area contributed by atoms with E-state index in [1.807, 2.05) is 42.5 Å². The Morgan fingerprint density at radius 3 is 2.38 bits per heavy atom. The van der Waals surface area contributed by atoms with E-state index >= 15 is 0 Å². The van der Waals surface area contributed by atoms with E-state index in [9.17, 15) is 18.8 Å². The molecule has 0 aliphatic rings. The summed E-state index contributed by atoms with van der Waals surface area (Å²) in [7, 11) is 0. The number of allylic oxidation sites excluding steroid dienone is 2. The monoisotopic (exact) mass is 370 g/mol. The number of thioether (sulfide) groups is 1. The lowest BCUT2D eigenvalue weighted by molar-refractivity contribution is -0.112. The first kappa shape index (κ1) is 19.4. The SMILES string of the molecule is CC(=C\c1ccccc1)/C=C(\C#N)C(=O)Nc1ccc(SC(F)F)cc1. The molecule has 0 radical (unpaired) electrons. The van der Waals surface area contributed by atoms with Crippen molar-refractivity contribution in [1.29, 1.82) is 5.26 Å². The predicted molar refractivity (Wildman–Crippen MR) is 101 cm³/mol. The molecule has 3 nitrogen and oxygen atoms in total. The molecule has 132 valence electrons. The summed E-state index contributed by atoms with van der Waals surface area (Å²) in [6.07, 6.45) is 3.37. The first-order valence-corrected chi connectivity index (χ1v) is 8.57. The zero-order valence-electron chi connectivity index (χ0n) is 13.9. The molecule has 0 aromatic heterocycles. The van der Waals surface area contributed by atoms with E-state index in [2.05, 4.69) is 5.32 Å². The highest BCUT2D eigenvalue weighted by atomic mass is 32.2. The zero-order valence-corrected chi connectivity index (χ0v) is 14.8. The number of alkyl halides is 2. The van der Waals surface area contributed by atoms with Crippen LogP contribution < -0.4 is 5.32 Å². The van der Waals surface area contributed by atoms with Gasteiger partial charge in [0.2, 0.25) is 0 Å². The maximum atomic E-state index is 12.3. The van der Waals surface area contributed by atoms with Crippen molar-refractivity contribution < 1.29 is 13.6 Å². The van der Waals surface area contributed by atoms with Crippen molar-refractivity contribution in [2.75, 3.05) is 5.32 Å². The molecule has 0 spiro atoms. The highest BCUT2D eigenvalue weighted by molar-refractivity contribution is 7.99. The molecule has 0 bridgehead atoms. The molecule has 0 saturated heterocycles. The van der Waals surface area contributed by atoms with Crippen molar-refractivity contribution in [1.82, 2.24) is 0 Å². The molecule has 0 saturated carbocycles. The lowest BCUT2D eigenvalue weighted by atomic mass is 10.1. The third kappa shape index (κ3) is 6.19. The van der Waals surface area contributed by atoms with E-state index in [0.29, 0.717) is 22.3 Å². The normalized spacial score (nSPS) is 12.0. The van der Waals surface area contributed by atoms with Crippen LogP contribution in [0.4, 0.5) is 14.5 Å². The summed E-state index contributed by atoms with van der Waals surface area (Å²) >= 11 is 0.429. The zero-order chi connectivity index (χ0) is 18.9. The molecule has 0 fully saturated rings. The topological polar surface area (TPSA) is 52.9 Å². The van der Waals surface area contributed by atoms with Crippen LogP contribution in [0.25, 0.3) is 6.08 Å². The predicted octanol–water partition coefficient (Wildman–Crippen LogP) is 5.49. The van der Waals surface area contributed by atoms with Crippen LogP contribution in [0.1, 0.15) is 12.5 Å². The van der Waals surface area contributed by atoms with E-state index < -0.39 is 11.7 Å². The average molecular weight is 370 g/mol. The molecule has 2 aromatic carbocycles. The molecule has 1 amide bonds. The Labute approximate surface area is 155 Å². The lowest BCUT2D eigenvalue weighted by Gasteiger charge is -2.06. The second-order valence-electron chi connectivity index (χ2n) is 5.33. The van der Waals surface area contributed by atoms with Crippen molar-refractivity contribution in [3.05, 3.63) is 77.4 Å². The number of amides is 1. The van der Waals surface area contributed by atoms with Crippen LogP contribution in [0.15, 0.2) is 76.7 Å². The van der Waals surface area contributed by atoms with Gasteiger partial charge in [-0.1, -0.05) is 48.2 Å². The van der Waals surface area contributed by atoms with Gasteiger partial charge >= 0.3 is 0 Å². The Morgan fingerprint density at radius 2 is 1.81 bits per heavy atom. The summed E-state index contributed by atoms with van der Waals surface area (Å²) in [6.45, 7) is 1.80. The molecule has 2 aromatic rings. The fraction of sp³-hybridized carbons (Fsp3) is 0.100. The second-order valence-corrected chi connectivity index (χ2v) is 6.39. The number of halogens is 2. The second kappa shape index (κ2) is 9.54. The van der Waals surface area contributed by atoms with Crippen LogP contribution >= 0.6 is 11.8 Å². The maximum Gasteiger partial charge on any atom is 0.288 e. The smallest absolute Gasteiger partial charge is 0.288 e. The van der Waals surface area contributed by atoms with Gasteiger partial charge in [-0.05, 0) is 48.4 Å². The van der Waals surface area contributed by atoms with Gasteiger partial charge < -0.3 is 5.32 Å². The first-order chi connectivity index (χ1) is 12.5. The third-order valence-corrected chi connectivity index (χ3v) is 3.99. The van der Waals surface area contributed by atoms with Gasteiger partial charge in [0.05, 0.1) is 0 Å². The highest BCUT2D eigenvalue weighted by Crippen LogP contribution is 2.26. The van der Waals surface area contributed by atoms with E-state index in [4.69, 9.17) is 0 Å². The lowest BCUT2D eigenvalue weighted by Crippen LogP contribution is -2.13. The van der Waals surface area contributed by atoms with Gasteiger partial charge in [0.15, 0.2) is 0 Å². The average Bonchev–Trinajstić information content (AvgIpc) is 2.61. The molecule has 26 heavy (non-hydrogen) atoms. The van der Waals surface area contributed by atoms with Crippen LogP contribution in [-0.4, -0.2) is 11.7 Å². The van der Waals surface area contributed by atoms with Crippen molar-refractivity contribution >= 4 is 29.4 Å². The number of carbonyl (C=O) groups is 1. The van der Waals surface area contributed by atoms with Gasteiger partial charge in [-0.3, -0.25) is 4.79 Å². The van der Waals surface area contributed by atoms with Crippen LogP contribution in [-0.2, 0) is 4.79 Å². The quantitative estimate of drug-likeness (QED) is 0.316. The van der Waals surface area contributed by atoms with Crippen LogP contribution in [0.3, 0.4) is 0 Å². The van der Waals surface area contributed by atoms with Crippen molar-refractivity contribution in [3.8, 4) is 6.07 Å². The number of carbonyl (C=O) groups excluding carboxylic acids is 1. The molecule has 2 rings (SSSR count). The van der Waals surface area contributed by atoms with E-state index in [1.165, 1.54) is 30.3 Å². The number of benzene rings is 2. The van der Waals surface area contributed by atoms with Crippen LogP contribution in [0.5, 0.6) is 0 Å². The molecule has 0 atom stereocenters. The van der Waals surface area contributed by atoms with Gasteiger partial charge in [0, 0.05) is 10.6 Å². The standard InChI is InChI=1S/C20H16F2N2OS/c1-14(11-15-5-3-2-4-6-15)12-16(13-23)19(25)24-17-7-9-18(10-8-17)26-20(21)22/h2-12,20H,1H3,(H,24,25)/b14-11+,16-12+. The van der Waals surface area contributed by atoms with Crippen molar-refractivity contribution in [2.24, 2.45) is 0 Å². The Bertz CT molecular complexity index is 854. The number of nitrogens with zero attached hydrogens (tertiary/aromatic N) is 1. The Kier molecular flexibility index (Phi) is 7.12. The number of nitrogens with one attached hydrogen (secondary N) is 1. The molecule has 6 heteroatoms. The molecule has 0 heterocycles. The number of hydrogen-bond acceptors (Lipinski definition) is 3. The van der Waals surface area contributed by atoms with E-state index in [1.54, 1.807) is 6.92 Å². The minimum absolute atomic E-state index is 0.0410. The summed E-state index contributed by atoms with van der Waals surface area (Å²) < 4.78 is 24.6. The molecular weight excluding hydrogens is 354 g/mol. The van der Waals surface area contributed by atoms with Crippen molar-refractivity contribution in [3.63, 3.8) is 0 Å². The van der Waals surface area contributed by atoms with Gasteiger partial charge in [-0.2, -0.15) is 14.0 Å². The fourth-order valence-electron chi connectivity index (χ4n) is 2.15. The number of hydrogen-bond donors (Lipinski definition) is 1. The summed E-state index contributed by atoms with van der Waals surface area (Å²) in [5, 5.41) is 11.8. The Hall–Kier alpha value is -2.91. The van der Waals surface area contributed by atoms with E-state index in [-0.39, 0.29) is 5.57 Å². The highest BCUT2D eigenvalue weighted by Gasteiger charge is 2.10. The molecule has 0 aliphatic heterocycles. The largest absolute Gasteiger partial charge is 0.321 e. The molecule has 1 N–H and O–H groups in total. The number of rotatable bonds is 6. The molecular formula is C20H16F2N2OS. The summed E-state index contributed by atoms with van der Waals surface area (Å²) in [5.74, 6) is -3.05. The molecule has 0 aliphatic carbocycles. The number of anilines is 1. The van der Waals surface area contributed by atoms with Crippen molar-refractivity contribution in [2.45, 2.75) is 17.6 Å². The van der Waals surface area contributed by atoms with Crippen LogP contribution in [0.2, 0.25) is 0 Å². The first-order valence-electron chi connectivity index (χ1n) is 7.69. The van der Waals surface area contributed by atoms with Gasteiger partial charge in [0.1, 0.15) is 11.6 Å². The van der Waals surface area contributed by atoms with E-state index in [0.717, 1.165) is 11.1 Å². The summed E-state index contributed by atoms with van der Waals surface area (Å²) in [6, 6.07) is 17.4. The van der Waals surface area contributed by atoms with Gasteiger partial charge in [-0.25, -0.2) is 0 Å².